The number of halogens is 2. The van der Waals surface area contributed by atoms with Crippen molar-refractivity contribution >= 4 is 0 Å². The van der Waals surface area contributed by atoms with Crippen LogP contribution in [0.5, 0.6) is 0 Å². The van der Waals surface area contributed by atoms with Crippen molar-refractivity contribution in [3.63, 3.8) is 0 Å². The summed E-state index contributed by atoms with van der Waals surface area (Å²) in [4.78, 5) is 4.01. The van der Waals surface area contributed by atoms with E-state index >= 15 is 0 Å². The molecule has 0 saturated heterocycles. The predicted octanol–water partition coefficient (Wildman–Crippen LogP) is 3.43. The standard InChI is InChI=1S/C14H16F2N2O/c1-3-6-17-7-11-14(19-8-18-11)12-10(15)5-4-9(2)13(12)16/h4-5,8,17H,3,6-7H2,1-2H3. The number of rotatable bonds is 5. The zero-order chi connectivity index (χ0) is 13.8. The average molecular weight is 266 g/mol. The van der Waals surface area contributed by atoms with E-state index in [1.807, 2.05) is 6.92 Å². The van der Waals surface area contributed by atoms with Gasteiger partial charge in [-0.3, -0.25) is 0 Å². The molecule has 5 heteroatoms. The van der Waals surface area contributed by atoms with E-state index in [1.165, 1.54) is 18.5 Å². The maximum atomic E-state index is 14.0. The molecule has 0 spiro atoms. The Morgan fingerprint density at radius 3 is 2.84 bits per heavy atom. The second kappa shape index (κ2) is 5.93. The van der Waals surface area contributed by atoms with Crippen LogP contribution in [0.1, 0.15) is 24.6 Å². The van der Waals surface area contributed by atoms with Gasteiger partial charge in [0.1, 0.15) is 17.3 Å². The van der Waals surface area contributed by atoms with Gasteiger partial charge in [-0.25, -0.2) is 13.8 Å². The smallest absolute Gasteiger partial charge is 0.181 e. The lowest BCUT2D eigenvalue weighted by Gasteiger charge is -2.07. The quantitative estimate of drug-likeness (QED) is 0.842. The fraction of sp³-hybridized carbons (Fsp3) is 0.357. The van der Waals surface area contributed by atoms with Crippen LogP contribution >= 0.6 is 0 Å². The Hall–Kier alpha value is -1.75. The topological polar surface area (TPSA) is 38.1 Å². The summed E-state index contributed by atoms with van der Waals surface area (Å²) in [6.07, 6.45) is 2.18. The molecule has 0 fully saturated rings. The summed E-state index contributed by atoms with van der Waals surface area (Å²) in [6.45, 7) is 4.86. The van der Waals surface area contributed by atoms with E-state index in [2.05, 4.69) is 10.3 Å². The number of hydrogen-bond donors (Lipinski definition) is 1. The van der Waals surface area contributed by atoms with E-state index in [9.17, 15) is 8.78 Å². The van der Waals surface area contributed by atoms with Crippen LogP contribution in [0.25, 0.3) is 11.3 Å². The Balaban J connectivity index is 2.37. The summed E-state index contributed by atoms with van der Waals surface area (Å²) in [6, 6.07) is 2.64. The first kappa shape index (κ1) is 13.7. The van der Waals surface area contributed by atoms with Gasteiger partial charge in [0.15, 0.2) is 12.2 Å². The van der Waals surface area contributed by atoms with Crippen molar-refractivity contribution in [2.45, 2.75) is 26.8 Å². The molecule has 0 aliphatic rings. The van der Waals surface area contributed by atoms with E-state index in [4.69, 9.17) is 4.42 Å². The molecule has 0 amide bonds. The summed E-state index contributed by atoms with van der Waals surface area (Å²) in [5.74, 6) is -1.09. The highest BCUT2D eigenvalue weighted by atomic mass is 19.1. The lowest BCUT2D eigenvalue weighted by atomic mass is 10.1. The van der Waals surface area contributed by atoms with Gasteiger partial charge in [0.05, 0.1) is 5.56 Å². The van der Waals surface area contributed by atoms with Crippen molar-refractivity contribution in [2.75, 3.05) is 6.54 Å². The third-order valence-electron chi connectivity index (χ3n) is 2.87. The van der Waals surface area contributed by atoms with Gasteiger partial charge >= 0.3 is 0 Å². The summed E-state index contributed by atoms with van der Waals surface area (Å²) in [5, 5.41) is 3.13. The number of aromatic nitrogens is 1. The number of nitrogens with zero attached hydrogens (tertiary/aromatic N) is 1. The van der Waals surface area contributed by atoms with Gasteiger partial charge in [-0.05, 0) is 31.5 Å². The molecule has 1 aromatic carbocycles. The van der Waals surface area contributed by atoms with Gasteiger partial charge in [-0.2, -0.15) is 0 Å². The largest absolute Gasteiger partial charge is 0.443 e. The molecule has 0 atom stereocenters. The lowest BCUT2D eigenvalue weighted by Crippen LogP contribution is -2.14. The van der Waals surface area contributed by atoms with E-state index in [0.29, 0.717) is 17.8 Å². The molecule has 0 saturated carbocycles. The zero-order valence-corrected chi connectivity index (χ0v) is 11.0. The molecule has 0 aliphatic carbocycles. The first-order chi connectivity index (χ1) is 9.15. The van der Waals surface area contributed by atoms with Gasteiger partial charge in [0.2, 0.25) is 0 Å². The minimum Gasteiger partial charge on any atom is -0.443 e. The van der Waals surface area contributed by atoms with Crippen LogP contribution in [0.3, 0.4) is 0 Å². The SMILES string of the molecule is CCCNCc1ncoc1-c1c(F)ccc(C)c1F. The molecule has 1 heterocycles. The summed E-state index contributed by atoms with van der Waals surface area (Å²) >= 11 is 0. The Labute approximate surface area is 110 Å². The highest BCUT2D eigenvalue weighted by molar-refractivity contribution is 5.62. The number of hydrogen-bond acceptors (Lipinski definition) is 3. The first-order valence-corrected chi connectivity index (χ1v) is 6.23. The minimum absolute atomic E-state index is 0.147. The molecule has 2 rings (SSSR count). The molecule has 0 radical (unpaired) electrons. The normalized spacial score (nSPS) is 10.9. The Kier molecular flexibility index (Phi) is 4.27. The second-order valence-corrected chi connectivity index (χ2v) is 4.36. The van der Waals surface area contributed by atoms with Crippen LogP contribution in [0, 0.1) is 18.6 Å². The predicted molar refractivity (Wildman–Crippen MR) is 68.6 cm³/mol. The van der Waals surface area contributed by atoms with Crippen molar-refractivity contribution in [1.82, 2.24) is 10.3 Å². The zero-order valence-electron chi connectivity index (χ0n) is 11.0. The fourth-order valence-corrected chi connectivity index (χ4v) is 1.85. The minimum atomic E-state index is -0.642. The average Bonchev–Trinajstić information content (AvgIpc) is 2.83. The highest BCUT2D eigenvalue weighted by Gasteiger charge is 2.20. The molecule has 102 valence electrons. The number of benzene rings is 1. The molecule has 2 aromatic rings. The van der Waals surface area contributed by atoms with E-state index in [-0.39, 0.29) is 11.3 Å². The third kappa shape index (κ3) is 2.81. The van der Waals surface area contributed by atoms with Crippen LogP contribution in [0.4, 0.5) is 8.78 Å². The molecule has 0 aliphatic heterocycles. The molecule has 3 nitrogen and oxygen atoms in total. The Morgan fingerprint density at radius 1 is 1.32 bits per heavy atom. The number of aryl methyl sites for hydroxylation is 1. The molecule has 0 bridgehead atoms. The third-order valence-corrected chi connectivity index (χ3v) is 2.87. The summed E-state index contributed by atoms with van der Waals surface area (Å²) in [7, 11) is 0. The summed E-state index contributed by atoms with van der Waals surface area (Å²) in [5.41, 5.74) is 0.739. The molecule has 1 N–H and O–H groups in total. The second-order valence-electron chi connectivity index (χ2n) is 4.36. The van der Waals surface area contributed by atoms with Crippen molar-refractivity contribution in [2.24, 2.45) is 0 Å². The monoisotopic (exact) mass is 266 g/mol. The molecular weight excluding hydrogens is 250 g/mol. The van der Waals surface area contributed by atoms with Gasteiger partial charge in [-0.15, -0.1) is 0 Å². The first-order valence-electron chi connectivity index (χ1n) is 6.23. The van der Waals surface area contributed by atoms with Crippen molar-refractivity contribution in [1.29, 1.82) is 0 Å². The number of oxazole rings is 1. The van der Waals surface area contributed by atoms with Crippen LogP contribution in [-0.4, -0.2) is 11.5 Å². The van der Waals surface area contributed by atoms with Crippen LogP contribution in [0.2, 0.25) is 0 Å². The van der Waals surface area contributed by atoms with Gasteiger partial charge in [0, 0.05) is 6.54 Å². The van der Waals surface area contributed by atoms with E-state index in [1.54, 1.807) is 6.92 Å². The Morgan fingerprint density at radius 2 is 2.11 bits per heavy atom. The van der Waals surface area contributed by atoms with Gasteiger partial charge < -0.3 is 9.73 Å². The van der Waals surface area contributed by atoms with Gasteiger partial charge in [0.25, 0.3) is 0 Å². The maximum absolute atomic E-state index is 14.0. The number of nitrogens with one attached hydrogen (secondary N) is 1. The highest BCUT2D eigenvalue weighted by Crippen LogP contribution is 2.30. The van der Waals surface area contributed by atoms with Crippen LogP contribution in [-0.2, 0) is 6.54 Å². The molecule has 1 aromatic heterocycles. The van der Waals surface area contributed by atoms with Gasteiger partial charge in [-0.1, -0.05) is 13.0 Å². The van der Waals surface area contributed by atoms with Crippen molar-refractivity contribution in [3.05, 3.63) is 41.4 Å². The lowest BCUT2D eigenvalue weighted by molar-refractivity contribution is 0.538. The van der Waals surface area contributed by atoms with Crippen molar-refractivity contribution < 1.29 is 13.2 Å². The van der Waals surface area contributed by atoms with Crippen molar-refractivity contribution in [3.8, 4) is 11.3 Å². The van der Waals surface area contributed by atoms with Crippen LogP contribution in [0.15, 0.2) is 22.9 Å². The molecular formula is C14H16F2N2O. The summed E-state index contributed by atoms with van der Waals surface area (Å²) < 4.78 is 33.0. The molecule has 19 heavy (non-hydrogen) atoms. The molecule has 0 unspecified atom stereocenters. The van der Waals surface area contributed by atoms with Crippen LogP contribution < -0.4 is 5.32 Å². The maximum Gasteiger partial charge on any atom is 0.181 e. The Bertz CT molecular complexity index is 567. The van der Waals surface area contributed by atoms with E-state index in [0.717, 1.165) is 13.0 Å². The fourth-order valence-electron chi connectivity index (χ4n) is 1.85. The van der Waals surface area contributed by atoms with E-state index < -0.39 is 11.6 Å².